The van der Waals surface area contributed by atoms with E-state index in [1.165, 1.54) is 0 Å². The van der Waals surface area contributed by atoms with Crippen molar-refractivity contribution in [3.8, 4) is 0 Å². The highest BCUT2D eigenvalue weighted by atomic mass is 32.1. The van der Waals surface area contributed by atoms with Crippen molar-refractivity contribution in [2.24, 2.45) is 17.3 Å². The van der Waals surface area contributed by atoms with E-state index in [2.05, 4.69) is 45.3 Å². The first-order chi connectivity index (χ1) is 7.32. The maximum absolute atomic E-state index is 9.26. The standard InChI is InChI=1S/C13H27NOS/c1-13(2,3)11(9-16)8-14(4)7-10-5-12(15)6-10/h10-12,15-16H,5-9H2,1-4H3. The lowest BCUT2D eigenvalue weighted by atomic mass is 9.80. The Bertz CT molecular complexity index is 208. The number of hydrogen-bond donors (Lipinski definition) is 2. The molecule has 3 heteroatoms. The summed E-state index contributed by atoms with van der Waals surface area (Å²) < 4.78 is 0. The van der Waals surface area contributed by atoms with Crippen LogP contribution in [0.25, 0.3) is 0 Å². The van der Waals surface area contributed by atoms with Crippen molar-refractivity contribution in [1.29, 1.82) is 0 Å². The maximum Gasteiger partial charge on any atom is 0.0546 e. The summed E-state index contributed by atoms with van der Waals surface area (Å²) in [5.74, 6) is 2.28. The SMILES string of the molecule is CN(CC1CC(O)C1)CC(CS)C(C)(C)C. The van der Waals surface area contributed by atoms with Crippen molar-refractivity contribution in [2.45, 2.75) is 39.7 Å². The van der Waals surface area contributed by atoms with Crippen LogP contribution in [-0.4, -0.2) is 42.0 Å². The molecule has 0 amide bonds. The number of aliphatic hydroxyl groups excluding tert-OH is 1. The van der Waals surface area contributed by atoms with Crippen LogP contribution < -0.4 is 0 Å². The van der Waals surface area contributed by atoms with Crippen LogP contribution in [0.1, 0.15) is 33.6 Å². The van der Waals surface area contributed by atoms with E-state index < -0.39 is 0 Å². The molecule has 1 atom stereocenters. The van der Waals surface area contributed by atoms with Gasteiger partial charge < -0.3 is 10.0 Å². The predicted molar refractivity (Wildman–Crippen MR) is 73.0 cm³/mol. The average Bonchev–Trinajstić information content (AvgIpc) is 2.09. The maximum atomic E-state index is 9.26. The number of aliphatic hydroxyl groups is 1. The number of hydrogen-bond acceptors (Lipinski definition) is 3. The van der Waals surface area contributed by atoms with E-state index in [-0.39, 0.29) is 6.10 Å². The molecule has 0 aromatic carbocycles. The third-order valence-corrected chi connectivity index (χ3v) is 4.20. The first kappa shape index (κ1) is 14.3. The molecule has 1 N–H and O–H groups in total. The van der Waals surface area contributed by atoms with Crippen LogP contribution in [0.4, 0.5) is 0 Å². The first-order valence-electron chi connectivity index (χ1n) is 6.30. The average molecular weight is 245 g/mol. The van der Waals surface area contributed by atoms with Crippen LogP contribution in [0.5, 0.6) is 0 Å². The lowest BCUT2D eigenvalue weighted by molar-refractivity contribution is 0.0241. The van der Waals surface area contributed by atoms with E-state index in [1.807, 2.05) is 0 Å². The lowest BCUT2D eigenvalue weighted by Crippen LogP contribution is -2.41. The fraction of sp³-hybridized carbons (Fsp3) is 1.00. The highest BCUT2D eigenvalue weighted by molar-refractivity contribution is 7.80. The number of thiol groups is 1. The molecule has 1 aliphatic rings. The van der Waals surface area contributed by atoms with Crippen molar-refractivity contribution in [1.82, 2.24) is 4.90 Å². The Hall–Kier alpha value is 0.270. The van der Waals surface area contributed by atoms with Gasteiger partial charge in [-0.25, -0.2) is 0 Å². The largest absolute Gasteiger partial charge is 0.393 e. The van der Waals surface area contributed by atoms with Gasteiger partial charge in [0.1, 0.15) is 0 Å². The van der Waals surface area contributed by atoms with E-state index in [1.54, 1.807) is 0 Å². The van der Waals surface area contributed by atoms with E-state index in [0.29, 0.717) is 17.3 Å². The summed E-state index contributed by atoms with van der Waals surface area (Å²) >= 11 is 4.46. The van der Waals surface area contributed by atoms with Gasteiger partial charge in [-0.2, -0.15) is 12.6 Å². The minimum Gasteiger partial charge on any atom is -0.393 e. The van der Waals surface area contributed by atoms with Crippen LogP contribution in [0.15, 0.2) is 0 Å². The smallest absolute Gasteiger partial charge is 0.0546 e. The monoisotopic (exact) mass is 245 g/mol. The van der Waals surface area contributed by atoms with Crippen LogP contribution in [0.3, 0.4) is 0 Å². The van der Waals surface area contributed by atoms with Gasteiger partial charge in [-0.05, 0) is 42.9 Å². The molecular weight excluding hydrogens is 218 g/mol. The van der Waals surface area contributed by atoms with Gasteiger partial charge in [-0.3, -0.25) is 0 Å². The molecule has 0 heterocycles. The molecule has 1 fully saturated rings. The lowest BCUT2D eigenvalue weighted by Gasteiger charge is -2.38. The molecule has 0 spiro atoms. The van der Waals surface area contributed by atoms with Crippen LogP contribution in [0.2, 0.25) is 0 Å². The Morgan fingerprint density at radius 3 is 2.31 bits per heavy atom. The molecule has 2 nitrogen and oxygen atoms in total. The Balaban J connectivity index is 2.29. The van der Waals surface area contributed by atoms with Crippen LogP contribution >= 0.6 is 12.6 Å². The summed E-state index contributed by atoms with van der Waals surface area (Å²) in [4.78, 5) is 2.41. The van der Waals surface area contributed by atoms with E-state index in [9.17, 15) is 5.11 Å². The molecule has 0 aliphatic heterocycles. The van der Waals surface area contributed by atoms with Gasteiger partial charge in [-0.15, -0.1) is 0 Å². The normalized spacial score (nSPS) is 27.9. The van der Waals surface area contributed by atoms with E-state index in [4.69, 9.17) is 0 Å². The third-order valence-electron chi connectivity index (χ3n) is 3.76. The molecule has 96 valence electrons. The van der Waals surface area contributed by atoms with Crippen molar-refractivity contribution in [3.05, 3.63) is 0 Å². The molecule has 1 unspecified atom stereocenters. The molecule has 0 saturated heterocycles. The zero-order valence-corrected chi connectivity index (χ0v) is 12.0. The van der Waals surface area contributed by atoms with Crippen LogP contribution in [0, 0.1) is 17.3 Å². The summed E-state index contributed by atoms with van der Waals surface area (Å²) in [7, 11) is 2.19. The summed E-state index contributed by atoms with van der Waals surface area (Å²) in [6.07, 6.45) is 1.96. The molecule has 1 rings (SSSR count). The van der Waals surface area contributed by atoms with Crippen molar-refractivity contribution in [3.63, 3.8) is 0 Å². The summed E-state index contributed by atoms with van der Waals surface area (Å²) in [5.41, 5.74) is 0.329. The quantitative estimate of drug-likeness (QED) is 0.726. The highest BCUT2D eigenvalue weighted by Crippen LogP contribution is 2.30. The Kier molecular flexibility index (Phi) is 5.14. The number of rotatable bonds is 5. The fourth-order valence-corrected chi connectivity index (χ4v) is 3.01. The van der Waals surface area contributed by atoms with Crippen molar-refractivity contribution >= 4 is 12.6 Å². The van der Waals surface area contributed by atoms with Crippen molar-refractivity contribution in [2.75, 3.05) is 25.9 Å². The fourth-order valence-electron chi connectivity index (χ4n) is 2.35. The Morgan fingerprint density at radius 2 is 1.94 bits per heavy atom. The summed E-state index contributed by atoms with van der Waals surface area (Å²) in [6, 6.07) is 0. The number of nitrogens with zero attached hydrogens (tertiary/aromatic N) is 1. The van der Waals surface area contributed by atoms with Crippen molar-refractivity contribution < 1.29 is 5.11 Å². The van der Waals surface area contributed by atoms with Gasteiger partial charge in [0.25, 0.3) is 0 Å². The van der Waals surface area contributed by atoms with E-state index >= 15 is 0 Å². The molecule has 16 heavy (non-hydrogen) atoms. The topological polar surface area (TPSA) is 23.5 Å². The minimum atomic E-state index is -0.0262. The highest BCUT2D eigenvalue weighted by Gasteiger charge is 2.30. The molecular formula is C13H27NOS. The molecule has 1 aliphatic carbocycles. The van der Waals surface area contributed by atoms with Gasteiger partial charge in [0.15, 0.2) is 0 Å². The Morgan fingerprint density at radius 1 is 1.38 bits per heavy atom. The summed E-state index contributed by atoms with van der Waals surface area (Å²) in [5, 5.41) is 9.26. The zero-order valence-electron chi connectivity index (χ0n) is 11.1. The minimum absolute atomic E-state index is 0.0262. The van der Waals surface area contributed by atoms with E-state index in [0.717, 1.165) is 31.7 Å². The van der Waals surface area contributed by atoms with Gasteiger partial charge in [-0.1, -0.05) is 20.8 Å². The van der Waals surface area contributed by atoms with Gasteiger partial charge in [0.2, 0.25) is 0 Å². The second kappa shape index (κ2) is 5.74. The molecule has 1 saturated carbocycles. The zero-order chi connectivity index (χ0) is 12.3. The second-order valence-electron chi connectivity index (χ2n) is 6.46. The molecule has 0 aromatic heterocycles. The van der Waals surface area contributed by atoms with Crippen LogP contribution in [-0.2, 0) is 0 Å². The predicted octanol–water partition coefficient (Wildman–Crippen LogP) is 2.28. The van der Waals surface area contributed by atoms with Gasteiger partial charge in [0, 0.05) is 13.1 Å². The molecule has 0 radical (unpaired) electrons. The summed E-state index contributed by atoms with van der Waals surface area (Å²) in [6.45, 7) is 9.09. The van der Waals surface area contributed by atoms with Gasteiger partial charge >= 0.3 is 0 Å². The second-order valence-corrected chi connectivity index (χ2v) is 6.82. The third kappa shape index (κ3) is 4.27. The molecule has 0 bridgehead atoms. The Labute approximate surface area is 106 Å². The first-order valence-corrected chi connectivity index (χ1v) is 6.93. The van der Waals surface area contributed by atoms with Gasteiger partial charge in [0.05, 0.1) is 6.10 Å². The molecule has 0 aromatic rings.